The van der Waals surface area contributed by atoms with Crippen molar-refractivity contribution in [3.8, 4) is 0 Å². The van der Waals surface area contributed by atoms with Crippen molar-refractivity contribution in [1.29, 1.82) is 0 Å². The van der Waals surface area contributed by atoms with E-state index in [4.69, 9.17) is 4.42 Å². The van der Waals surface area contributed by atoms with Gasteiger partial charge in [-0.15, -0.1) is 0 Å². The average molecular weight is 302 g/mol. The fourth-order valence-corrected chi connectivity index (χ4v) is 3.30. The average Bonchev–Trinajstić information content (AvgIpc) is 3.19. The molecule has 0 bridgehead atoms. The summed E-state index contributed by atoms with van der Waals surface area (Å²) in [4.78, 5) is 16.8. The van der Waals surface area contributed by atoms with Crippen LogP contribution in [0, 0.1) is 0 Å². The highest BCUT2D eigenvalue weighted by atomic mass is 16.3. The van der Waals surface area contributed by atoms with Crippen molar-refractivity contribution in [3.63, 3.8) is 0 Å². The standard InChI is InChI=1S/C16H22N4O2/c1-18(2)13-6-7-20(16(21)15-5-4-8-22-15)14(13)9-12-10-17-19(3)11-12/h4-5,8,10-11,13-14H,6-7,9H2,1-3H3/t13-,14+/m1/s1. The molecule has 2 atom stereocenters. The van der Waals surface area contributed by atoms with Crippen LogP contribution in [0.4, 0.5) is 0 Å². The lowest BCUT2D eigenvalue weighted by Crippen LogP contribution is -2.45. The van der Waals surface area contributed by atoms with Crippen LogP contribution in [0.1, 0.15) is 22.5 Å². The van der Waals surface area contributed by atoms with Crippen LogP contribution in [0.25, 0.3) is 0 Å². The van der Waals surface area contributed by atoms with Crippen LogP contribution < -0.4 is 0 Å². The molecule has 1 aliphatic rings. The Morgan fingerprint density at radius 3 is 2.91 bits per heavy atom. The first-order chi connectivity index (χ1) is 10.6. The van der Waals surface area contributed by atoms with Gasteiger partial charge >= 0.3 is 0 Å². The van der Waals surface area contributed by atoms with Crippen LogP contribution in [0.15, 0.2) is 35.2 Å². The number of rotatable bonds is 4. The monoisotopic (exact) mass is 302 g/mol. The second kappa shape index (κ2) is 5.96. The van der Waals surface area contributed by atoms with E-state index in [1.807, 2.05) is 24.3 Å². The highest BCUT2D eigenvalue weighted by Gasteiger charge is 2.39. The Balaban J connectivity index is 1.83. The quantitative estimate of drug-likeness (QED) is 0.857. The van der Waals surface area contributed by atoms with Crippen LogP contribution in [-0.4, -0.2) is 58.2 Å². The van der Waals surface area contributed by atoms with Crippen LogP contribution in [0.5, 0.6) is 0 Å². The molecule has 22 heavy (non-hydrogen) atoms. The van der Waals surface area contributed by atoms with Crippen molar-refractivity contribution in [3.05, 3.63) is 42.1 Å². The van der Waals surface area contributed by atoms with Gasteiger partial charge in [-0.3, -0.25) is 9.48 Å². The molecule has 1 aliphatic heterocycles. The van der Waals surface area contributed by atoms with Gasteiger partial charge < -0.3 is 14.2 Å². The summed E-state index contributed by atoms with van der Waals surface area (Å²) in [5.74, 6) is 0.388. The zero-order valence-corrected chi connectivity index (χ0v) is 13.3. The maximum Gasteiger partial charge on any atom is 0.289 e. The molecule has 2 aromatic heterocycles. The third kappa shape index (κ3) is 2.78. The molecule has 2 aromatic rings. The topological polar surface area (TPSA) is 54.5 Å². The zero-order chi connectivity index (χ0) is 15.7. The molecule has 6 nitrogen and oxygen atoms in total. The van der Waals surface area contributed by atoms with Gasteiger partial charge in [0.05, 0.1) is 18.5 Å². The van der Waals surface area contributed by atoms with E-state index in [-0.39, 0.29) is 11.9 Å². The molecule has 0 aliphatic carbocycles. The maximum atomic E-state index is 12.7. The fraction of sp³-hybridized carbons (Fsp3) is 0.500. The van der Waals surface area contributed by atoms with E-state index in [0.717, 1.165) is 24.9 Å². The van der Waals surface area contributed by atoms with Gasteiger partial charge in [-0.2, -0.15) is 5.10 Å². The van der Waals surface area contributed by atoms with E-state index in [9.17, 15) is 4.79 Å². The molecule has 0 saturated carbocycles. The van der Waals surface area contributed by atoms with Crippen molar-refractivity contribution in [2.24, 2.45) is 7.05 Å². The number of carbonyl (C=O) groups excluding carboxylic acids is 1. The Kier molecular flexibility index (Phi) is 4.02. The van der Waals surface area contributed by atoms with Gasteiger partial charge in [0.15, 0.2) is 5.76 Å². The van der Waals surface area contributed by atoms with Crippen molar-refractivity contribution < 1.29 is 9.21 Å². The number of amides is 1. The number of carbonyl (C=O) groups is 1. The van der Waals surface area contributed by atoms with E-state index in [0.29, 0.717) is 11.8 Å². The molecular formula is C16H22N4O2. The number of aryl methyl sites for hydroxylation is 1. The van der Waals surface area contributed by atoms with Gasteiger partial charge in [-0.05, 0) is 44.6 Å². The SMILES string of the molecule is CN(C)[C@@H]1CCN(C(=O)c2ccco2)[C@H]1Cc1cnn(C)c1. The minimum absolute atomic E-state index is 0.0248. The predicted molar refractivity (Wildman–Crippen MR) is 82.5 cm³/mol. The van der Waals surface area contributed by atoms with Gasteiger partial charge in [-0.25, -0.2) is 0 Å². The second-order valence-electron chi connectivity index (χ2n) is 6.09. The zero-order valence-electron chi connectivity index (χ0n) is 13.3. The maximum absolute atomic E-state index is 12.7. The Morgan fingerprint density at radius 1 is 1.50 bits per heavy atom. The molecule has 3 heterocycles. The van der Waals surface area contributed by atoms with Crippen LogP contribution in [-0.2, 0) is 13.5 Å². The first-order valence-electron chi connectivity index (χ1n) is 7.54. The lowest BCUT2D eigenvalue weighted by molar-refractivity contribution is 0.0672. The van der Waals surface area contributed by atoms with Gasteiger partial charge in [0.25, 0.3) is 5.91 Å². The van der Waals surface area contributed by atoms with Gasteiger partial charge in [0.1, 0.15) is 0 Å². The highest BCUT2D eigenvalue weighted by molar-refractivity contribution is 5.92. The van der Waals surface area contributed by atoms with Gasteiger partial charge in [-0.1, -0.05) is 0 Å². The number of nitrogens with zero attached hydrogens (tertiary/aromatic N) is 4. The summed E-state index contributed by atoms with van der Waals surface area (Å²) >= 11 is 0. The molecule has 0 aromatic carbocycles. The number of aromatic nitrogens is 2. The first-order valence-corrected chi connectivity index (χ1v) is 7.54. The third-order valence-corrected chi connectivity index (χ3v) is 4.37. The van der Waals surface area contributed by atoms with Gasteiger partial charge in [0.2, 0.25) is 0 Å². The smallest absolute Gasteiger partial charge is 0.289 e. The summed E-state index contributed by atoms with van der Waals surface area (Å²) in [5, 5.41) is 4.23. The Bertz CT molecular complexity index is 632. The third-order valence-electron chi connectivity index (χ3n) is 4.37. The van der Waals surface area contributed by atoms with E-state index in [1.54, 1.807) is 23.1 Å². The largest absolute Gasteiger partial charge is 0.459 e. The molecule has 0 radical (unpaired) electrons. The van der Waals surface area contributed by atoms with E-state index in [1.165, 1.54) is 0 Å². The summed E-state index contributed by atoms with van der Waals surface area (Å²) in [5.41, 5.74) is 1.15. The number of furan rings is 1. The normalized spacial score (nSPS) is 21.7. The number of likely N-dealkylation sites (tertiary alicyclic amines) is 1. The van der Waals surface area contributed by atoms with Crippen molar-refractivity contribution >= 4 is 5.91 Å². The molecule has 0 spiro atoms. The highest BCUT2D eigenvalue weighted by Crippen LogP contribution is 2.26. The minimum Gasteiger partial charge on any atom is -0.459 e. The molecule has 3 rings (SSSR count). The summed E-state index contributed by atoms with van der Waals surface area (Å²) in [6.45, 7) is 0.757. The van der Waals surface area contributed by atoms with Crippen LogP contribution >= 0.6 is 0 Å². The van der Waals surface area contributed by atoms with E-state index in [2.05, 4.69) is 24.1 Å². The molecule has 118 valence electrons. The van der Waals surface area contributed by atoms with E-state index >= 15 is 0 Å². The van der Waals surface area contributed by atoms with Crippen molar-refractivity contribution in [1.82, 2.24) is 19.6 Å². The fourth-order valence-electron chi connectivity index (χ4n) is 3.30. The van der Waals surface area contributed by atoms with Crippen molar-refractivity contribution in [2.45, 2.75) is 24.9 Å². The van der Waals surface area contributed by atoms with Crippen molar-refractivity contribution in [2.75, 3.05) is 20.6 Å². The van der Waals surface area contributed by atoms with Crippen LogP contribution in [0.3, 0.4) is 0 Å². The summed E-state index contributed by atoms with van der Waals surface area (Å²) < 4.78 is 7.08. The number of hydrogen-bond acceptors (Lipinski definition) is 4. The van der Waals surface area contributed by atoms with Gasteiger partial charge in [0, 0.05) is 25.8 Å². The lowest BCUT2D eigenvalue weighted by Gasteiger charge is -2.30. The molecule has 1 fully saturated rings. The molecule has 0 N–H and O–H groups in total. The van der Waals surface area contributed by atoms with Crippen LogP contribution in [0.2, 0.25) is 0 Å². The predicted octanol–water partition coefficient (Wildman–Crippen LogP) is 1.40. The summed E-state index contributed by atoms with van der Waals surface area (Å²) in [6, 6.07) is 3.96. The molecule has 1 amide bonds. The lowest BCUT2D eigenvalue weighted by atomic mass is 10.0. The molecule has 6 heteroatoms. The number of hydrogen-bond donors (Lipinski definition) is 0. The minimum atomic E-state index is -0.0248. The first kappa shape index (κ1) is 14.8. The summed E-state index contributed by atoms with van der Waals surface area (Å²) in [6.07, 6.45) is 7.22. The Morgan fingerprint density at radius 2 is 2.32 bits per heavy atom. The molecular weight excluding hydrogens is 280 g/mol. The summed E-state index contributed by atoms with van der Waals surface area (Å²) in [7, 11) is 6.05. The molecule has 0 unspecified atom stereocenters. The second-order valence-corrected chi connectivity index (χ2v) is 6.09. The Hall–Kier alpha value is -2.08. The van der Waals surface area contributed by atoms with E-state index < -0.39 is 0 Å². The molecule has 1 saturated heterocycles. The Labute approximate surface area is 130 Å². The number of likely N-dealkylation sites (N-methyl/N-ethyl adjacent to an activating group) is 1.